The number of hydrogen-bond acceptors (Lipinski definition) is 5. The molecule has 0 bridgehead atoms. The van der Waals surface area contributed by atoms with E-state index in [4.69, 9.17) is 9.47 Å². The number of fused-ring (bicyclic) bond motifs is 5. The summed E-state index contributed by atoms with van der Waals surface area (Å²) in [6.07, 6.45) is 2.11. The van der Waals surface area contributed by atoms with Gasteiger partial charge in [0.1, 0.15) is 18.4 Å². The van der Waals surface area contributed by atoms with Crippen molar-refractivity contribution in [3.63, 3.8) is 0 Å². The number of piperidine rings is 1. The van der Waals surface area contributed by atoms with Crippen LogP contribution in [0.3, 0.4) is 0 Å². The number of ether oxygens (including phenoxy) is 2. The van der Waals surface area contributed by atoms with Gasteiger partial charge < -0.3 is 23.8 Å². The first-order chi connectivity index (χ1) is 20.5. The Balaban J connectivity index is 1.08. The molecule has 1 atom stereocenters. The minimum Gasteiger partial charge on any atom is -0.454 e. The van der Waals surface area contributed by atoms with E-state index in [-0.39, 0.29) is 37.0 Å². The molecule has 1 unspecified atom stereocenters. The van der Waals surface area contributed by atoms with Crippen molar-refractivity contribution in [1.29, 1.82) is 0 Å². The average Bonchev–Trinajstić information content (AvgIpc) is 3.60. The summed E-state index contributed by atoms with van der Waals surface area (Å²) in [7, 11) is 0. The fourth-order valence-electron chi connectivity index (χ4n) is 7.20. The number of amides is 2. The van der Waals surface area contributed by atoms with Gasteiger partial charge in [-0.3, -0.25) is 14.5 Å². The van der Waals surface area contributed by atoms with Crippen molar-refractivity contribution in [2.24, 2.45) is 0 Å². The van der Waals surface area contributed by atoms with Gasteiger partial charge in [0.2, 0.25) is 18.6 Å². The fourth-order valence-corrected chi connectivity index (χ4v) is 7.20. The highest BCUT2D eigenvalue weighted by Crippen LogP contribution is 2.40. The molecule has 3 aromatic carbocycles. The summed E-state index contributed by atoms with van der Waals surface area (Å²) in [4.78, 5) is 33.6. The molecule has 42 heavy (non-hydrogen) atoms. The number of aromatic nitrogens is 1. The highest BCUT2D eigenvalue weighted by molar-refractivity contribution is 5.97. The zero-order valence-corrected chi connectivity index (χ0v) is 23.2. The van der Waals surface area contributed by atoms with Gasteiger partial charge in [-0.1, -0.05) is 30.3 Å². The van der Waals surface area contributed by atoms with Crippen molar-refractivity contribution in [2.45, 2.75) is 44.4 Å². The maximum absolute atomic E-state index is 14.6. The maximum Gasteiger partial charge on any atom is 0.246 e. The summed E-state index contributed by atoms with van der Waals surface area (Å²) in [6.45, 7) is 3.24. The molecular weight excluding hydrogens is 535 g/mol. The van der Waals surface area contributed by atoms with Crippen LogP contribution in [0.15, 0.2) is 66.7 Å². The van der Waals surface area contributed by atoms with E-state index in [0.717, 1.165) is 54.8 Å². The van der Waals surface area contributed by atoms with Gasteiger partial charge in [-0.15, -0.1) is 0 Å². The summed E-state index contributed by atoms with van der Waals surface area (Å²) in [6, 6.07) is 20.4. The van der Waals surface area contributed by atoms with Crippen LogP contribution in [0.2, 0.25) is 0 Å². The third-order valence-electron chi connectivity index (χ3n) is 9.29. The third-order valence-corrected chi connectivity index (χ3v) is 9.29. The second-order valence-electron chi connectivity index (χ2n) is 11.7. The monoisotopic (exact) mass is 566 g/mol. The number of carbonyl (C=O) groups excluding carboxylic acids is 2. The zero-order valence-electron chi connectivity index (χ0n) is 23.2. The topological polar surface area (TPSA) is 67.2 Å². The molecule has 0 saturated carbocycles. The molecule has 9 heteroatoms. The van der Waals surface area contributed by atoms with E-state index >= 15 is 0 Å². The number of halogens is 1. The Hall–Kier alpha value is -4.37. The number of benzene rings is 3. The van der Waals surface area contributed by atoms with Gasteiger partial charge in [0.05, 0.1) is 12.1 Å². The summed E-state index contributed by atoms with van der Waals surface area (Å²) in [5, 5.41) is 0.898. The molecule has 8 rings (SSSR count). The number of piperazine rings is 1. The van der Waals surface area contributed by atoms with Gasteiger partial charge in [-0.05, 0) is 54.3 Å². The molecule has 0 spiro atoms. The molecule has 4 aliphatic heterocycles. The van der Waals surface area contributed by atoms with Crippen LogP contribution in [0.4, 0.5) is 4.39 Å². The minimum absolute atomic E-state index is 0.0212. The SMILES string of the molecule is O=C1C2Cc3c(n(-c4ccc5c(c4)OCO5)c4cc(F)ccc34)CN2C(=O)CN1C1CCN(Cc2ccccc2)CC1. The lowest BCUT2D eigenvalue weighted by Gasteiger charge is -2.47. The molecule has 0 radical (unpaired) electrons. The van der Waals surface area contributed by atoms with Crippen LogP contribution in [0.5, 0.6) is 11.5 Å². The number of rotatable bonds is 4. The van der Waals surface area contributed by atoms with Gasteiger partial charge >= 0.3 is 0 Å². The Kier molecular flexibility index (Phi) is 5.96. The van der Waals surface area contributed by atoms with Gasteiger partial charge in [0, 0.05) is 54.9 Å². The number of carbonyl (C=O) groups is 2. The highest BCUT2D eigenvalue weighted by atomic mass is 19.1. The van der Waals surface area contributed by atoms with Crippen molar-refractivity contribution in [3.8, 4) is 17.2 Å². The largest absolute Gasteiger partial charge is 0.454 e. The van der Waals surface area contributed by atoms with Crippen LogP contribution in [0.25, 0.3) is 16.6 Å². The smallest absolute Gasteiger partial charge is 0.246 e. The van der Waals surface area contributed by atoms with Crippen LogP contribution in [-0.2, 0) is 29.1 Å². The maximum atomic E-state index is 14.6. The Bertz CT molecular complexity index is 1710. The molecule has 0 N–H and O–H groups in total. The standard InChI is InChI=1S/C33H31FN4O4/c34-22-6-8-25-26-16-28-33(40)36(23-10-12-35(13-11-23)17-21-4-2-1-3-5-21)19-32(39)37(28)18-29(26)38(27(25)14-22)24-7-9-30-31(15-24)42-20-41-30/h1-9,14-15,23,28H,10-13,16-20H2. The molecule has 214 valence electrons. The molecule has 2 fully saturated rings. The average molecular weight is 567 g/mol. The number of likely N-dealkylation sites (tertiary alicyclic amines) is 1. The van der Waals surface area contributed by atoms with Crippen LogP contribution < -0.4 is 9.47 Å². The third kappa shape index (κ3) is 4.14. The Morgan fingerprint density at radius 3 is 2.50 bits per heavy atom. The molecule has 0 aliphatic carbocycles. The normalized spacial score (nSPS) is 20.7. The predicted octanol–water partition coefficient (Wildman–Crippen LogP) is 4.26. The molecule has 5 heterocycles. The summed E-state index contributed by atoms with van der Waals surface area (Å²) < 4.78 is 27.7. The fraction of sp³-hybridized carbons (Fsp3) is 0.333. The van der Waals surface area contributed by atoms with Crippen molar-refractivity contribution in [3.05, 3.63) is 89.4 Å². The lowest BCUT2D eigenvalue weighted by molar-refractivity contribution is -0.160. The van der Waals surface area contributed by atoms with E-state index in [9.17, 15) is 14.0 Å². The van der Waals surface area contributed by atoms with Crippen molar-refractivity contribution >= 4 is 22.7 Å². The first-order valence-corrected chi connectivity index (χ1v) is 14.6. The van der Waals surface area contributed by atoms with Gasteiger partial charge in [0.15, 0.2) is 11.5 Å². The molecule has 8 nitrogen and oxygen atoms in total. The summed E-state index contributed by atoms with van der Waals surface area (Å²) in [5.74, 6) is 0.938. The van der Waals surface area contributed by atoms with Crippen molar-refractivity contribution < 1.29 is 23.5 Å². The number of hydrogen-bond donors (Lipinski definition) is 0. The van der Waals surface area contributed by atoms with E-state index in [0.29, 0.717) is 30.0 Å². The van der Waals surface area contributed by atoms with Gasteiger partial charge in [-0.2, -0.15) is 0 Å². The van der Waals surface area contributed by atoms with E-state index in [2.05, 4.69) is 29.2 Å². The minimum atomic E-state index is -0.554. The Morgan fingerprint density at radius 1 is 0.857 bits per heavy atom. The van der Waals surface area contributed by atoms with Crippen LogP contribution in [-0.4, -0.2) is 69.6 Å². The first kappa shape index (κ1) is 25.3. The van der Waals surface area contributed by atoms with Crippen LogP contribution in [0, 0.1) is 5.82 Å². The molecule has 2 amide bonds. The van der Waals surface area contributed by atoms with Gasteiger partial charge in [0.25, 0.3) is 0 Å². The first-order valence-electron chi connectivity index (χ1n) is 14.6. The Labute approximate surface area is 242 Å². The zero-order chi connectivity index (χ0) is 28.4. The Morgan fingerprint density at radius 2 is 1.67 bits per heavy atom. The van der Waals surface area contributed by atoms with E-state index in [1.807, 2.05) is 33.7 Å². The predicted molar refractivity (Wildman–Crippen MR) is 154 cm³/mol. The van der Waals surface area contributed by atoms with E-state index in [1.165, 1.54) is 17.7 Å². The van der Waals surface area contributed by atoms with Gasteiger partial charge in [-0.25, -0.2) is 4.39 Å². The lowest BCUT2D eigenvalue weighted by Crippen LogP contribution is -2.64. The summed E-state index contributed by atoms with van der Waals surface area (Å²) in [5.41, 5.74) is 4.68. The second kappa shape index (κ2) is 9.87. The molecule has 4 aromatic rings. The van der Waals surface area contributed by atoms with Crippen LogP contribution in [0.1, 0.15) is 29.7 Å². The molecule has 2 saturated heterocycles. The molecule has 1 aromatic heterocycles. The van der Waals surface area contributed by atoms with Crippen molar-refractivity contribution in [1.82, 2.24) is 19.3 Å². The summed E-state index contributed by atoms with van der Waals surface area (Å²) >= 11 is 0. The molecule has 4 aliphatic rings. The molecular formula is C33H31FN4O4. The lowest BCUT2D eigenvalue weighted by atomic mass is 9.92. The second-order valence-corrected chi connectivity index (χ2v) is 11.7. The van der Waals surface area contributed by atoms with E-state index < -0.39 is 6.04 Å². The van der Waals surface area contributed by atoms with Crippen LogP contribution >= 0.6 is 0 Å². The highest BCUT2D eigenvalue weighted by Gasteiger charge is 2.46. The van der Waals surface area contributed by atoms with Crippen molar-refractivity contribution in [2.75, 3.05) is 26.4 Å². The quantitative estimate of drug-likeness (QED) is 0.370. The number of nitrogens with zero attached hydrogens (tertiary/aromatic N) is 4. The van der Waals surface area contributed by atoms with E-state index in [1.54, 1.807) is 11.0 Å².